The Morgan fingerprint density at radius 3 is 1.73 bits per heavy atom. The van der Waals surface area contributed by atoms with E-state index < -0.39 is 5.41 Å². The number of aromatic nitrogens is 2. The third-order valence-electron chi connectivity index (χ3n) is 18.0. The van der Waals surface area contributed by atoms with Crippen molar-refractivity contribution in [2.24, 2.45) is 0 Å². The molecule has 5 aliphatic rings. The third-order valence-corrected chi connectivity index (χ3v) is 18.0. The summed E-state index contributed by atoms with van der Waals surface area (Å²) in [6.45, 7) is 2.21. The van der Waals surface area contributed by atoms with Crippen molar-refractivity contribution >= 4 is 67.1 Å². The van der Waals surface area contributed by atoms with Crippen LogP contribution in [-0.4, -0.2) is 15.2 Å². The number of allylic oxidation sites excluding steroid dienone is 3. The van der Waals surface area contributed by atoms with Crippen molar-refractivity contribution in [2.75, 3.05) is 10.2 Å². The maximum Gasteiger partial charge on any atom is 0.0728 e. The van der Waals surface area contributed by atoms with Crippen molar-refractivity contribution in [3.8, 4) is 44.8 Å². The number of rotatable bonds is 6. The lowest BCUT2D eigenvalue weighted by Gasteiger charge is -2.33. The molecule has 3 heterocycles. The second-order valence-corrected chi connectivity index (χ2v) is 21.9. The molecule has 1 aliphatic heterocycles. The van der Waals surface area contributed by atoms with Gasteiger partial charge in [-0.3, -0.25) is 0 Å². The fourth-order valence-corrected chi connectivity index (χ4v) is 14.8. The second kappa shape index (κ2) is 16.4. The molecule has 1 N–H and O–H groups in total. The Bertz CT molecular complexity index is 4610. The van der Waals surface area contributed by atoms with Gasteiger partial charge < -0.3 is 19.4 Å². The molecule has 4 aliphatic carbocycles. The average molecular weight is 997 g/mol. The van der Waals surface area contributed by atoms with Gasteiger partial charge in [-0.25, -0.2) is 0 Å². The van der Waals surface area contributed by atoms with Gasteiger partial charge in [0.2, 0.25) is 0 Å². The summed E-state index contributed by atoms with van der Waals surface area (Å²) in [6, 6.07) is 82.9. The highest BCUT2D eigenvalue weighted by molar-refractivity contribution is 6.09. The van der Waals surface area contributed by atoms with Crippen molar-refractivity contribution in [1.29, 1.82) is 0 Å². The molecule has 368 valence electrons. The van der Waals surface area contributed by atoms with Crippen LogP contribution in [0.25, 0.3) is 89.1 Å². The molecule has 2 unspecified atom stereocenters. The number of fused-ring (bicyclic) bond motifs is 19. The molecule has 10 aromatic carbocycles. The van der Waals surface area contributed by atoms with Crippen molar-refractivity contribution in [1.82, 2.24) is 9.13 Å². The molecule has 17 rings (SSSR count). The normalized spacial score (nSPS) is 17.0. The minimum atomic E-state index is -0.730. The largest absolute Gasteiger partial charge is 0.355 e. The van der Waals surface area contributed by atoms with E-state index in [4.69, 9.17) is 0 Å². The number of aryl methyl sites for hydroxylation is 2. The van der Waals surface area contributed by atoms with Gasteiger partial charge in [-0.05, 0) is 178 Å². The number of hydrogen-bond acceptors (Lipinski definition) is 2. The first-order valence-corrected chi connectivity index (χ1v) is 27.7. The zero-order valence-corrected chi connectivity index (χ0v) is 43.2. The molecule has 4 nitrogen and oxygen atoms in total. The molecule has 0 saturated carbocycles. The molecule has 0 fully saturated rings. The zero-order chi connectivity index (χ0) is 51.2. The maximum absolute atomic E-state index is 4.03. The summed E-state index contributed by atoms with van der Waals surface area (Å²) < 4.78 is 5.04. The predicted molar refractivity (Wildman–Crippen MR) is 325 cm³/mol. The van der Waals surface area contributed by atoms with Gasteiger partial charge in [-0.15, -0.1) is 0 Å². The Labute approximate surface area is 453 Å². The molecule has 0 saturated heterocycles. The molecular formula is C74H52N4. The smallest absolute Gasteiger partial charge is 0.0728 e. The number of nitrogens with one attached hydrogen (secondary N) is 1. The molecule has 0 radical (unpaired) electrons. The summed E-state index contributed by atoms with van der Waals surface area (Å²) in [6.07, 6.45) is 14.7. The van der Waals surface area contributed by atoms with E-state index in [-0.39, 0.29) is 6.04 Å². The van der Waals surface area contributed by atoms with Gasteiger partial charge in [0.1, 0.15) is 0 Å². The fourth-order valence-electron chi connectivity index (χ4n) is 14.8. The lowest BCUT2D eigenvalue weighted by atomic mass is 9.70. The Kier molecular flexibility index (Phi) is 9.18. The van der Waals surface area contributed by atoms with Crippen molar-refractivity contribution in [3.63, 3.8) is 0 Å². The lowest BCUT2D eigenvalue weighted by Crippen LogP contribution is -2.29. The van der Waals surface area contributed by atoms with Crippen LogP contribution in [0.4, 0.5) is 22.7 Å². The summed E-state index contributed by atoms with van der Waals surface area (Å²) in [5.41, 5.74) is 29.2. The van der Waals surface area contributed by atoms with Crippen LogP contribution in [-0.2, 0) is 11.8 Å². The van der Waals surface area contributed by atoms with Crippen molar-refractivity contribution in [2.45, 2.75) is 37.6 Å². The van der Waals surface area contributed by atoms with Crippen LogP contribution in [0.15, 0.2) is 243 Å². The third kappa shape index (κ3) is 5.95. The number of benzene rings is 10. The number of nitrogens with zero attached hydrogens (tertiary/aromatic N) is 3. The van der Waals surface area contributed by atoms with Gasteiger partial charge in [0.15, 0.2) is 0 Å². The molecule has 78 heavy (non-hydrogen) atoms. The summed E-state index contributed by atoms with van der Waals surface area (Å²) >= 11 is 0. The van der Waals surface area contributed by atoms with E-state index >= 15 is 0 Å². The van der Waals surface area contributed by atoms with E-state index in [2.05, 4.69) is 275 Å². The van der Waals surface area contributed by atoms with E-state index in [1.807, 2.05) is 0 Å². The minimum Gasteiger partial charge on any atom is -0.355 e. The molecule has 2 atom stereocenters. The average Bonchev–Trinajstić information content (AvgIpc) is 4.41. The molecule has 2 aromatic heterocycles. The topological polar surface area (TPSA) is 25.1 Å². The number of para-hydroxylation sites is 5. The van der Waals surface area contributed by atoms with Crippen LogP contribution in [0.5, 0.6) is 0 Å². The number of anilines is 4. The Morgan fingerprint density at radius 1 is 0.462 bits per heavy atom. The summed E-state index contributed by atoms with van der Waals surface area (Å²) in [5.74, 6) is 0. The highest BCUT2D eigenvalue weighted by atomic mass is 15.2. The standard InChI is InChI=1S/C74H52N4/c1-46-18-2-3-19-51(46)56-20-4-11-27-67(56)75-47-34-38-52-53-39-35-48(76-68-28-12-5-21-57(68)58-22-6-13-29-69(58)76)43-64(53)74(63(52)42-47)65-44-49(77-70-30-14-7-23-59(70)60-24-8-15-31-71(60)77)36-40-54(65)55-41-37-50(45-66(55)74)78-72-32-16-9-25-61(72)62-26-10-17-33-73(62)78/h2-5,7-21,23-32,34-45,73,75H,6,22,33H2,1H3. The summed E-state index contributed by atoms with van der Waals surface area (Å²) in [5, 5.41) is 7.89. The molecular weight excluding hydrogens is 945 g/mol. The minimum absolute atomic E-state index is 0.201. The monoisotopic (exact) mass is 996 g/mol. The van der Waals surface area contributed by atoms with Gasteiger partial charge in [0, 0.05) is 67.1 Å². The van der Waals surface area contributed by atoms with Crippen LogP contribution in [0.2, 0.25) is 0 Å². The highest BCUT2D eigenvalue weighted by Gasteiger charge is 2.53. The lowest BCUT2D eigenvalue weighted by molar-refractivity contribution is 0.786. The van der Waals surface area contributed by atoms with Crippen LogP contribution in [0.3, 0.4) is 0 Å². The molecule has 0 bridgehead atoms. The SMILES string of the molecule is Cc1ccccc1-c1ccccc1Nc1ccc2c(c1)C1(c3cc(N4c5ccccc5C5=CC=CCC54)ccc3-c3ccc(-n4c5ccccc5c5ccccc54)cc31)c1cc(-n3c4c(c5ccccc53)CCC=C4)ccc1-2. The van der Waals surface area contributed by atoms with Gasteiger partial charge in [-0.2, -0.15) is 0 Å². The Balaban J connectivity index is 0.966. The van der Waals surface area contributed by atoms with E-state index in [1.54, 1.807) is 0 Å². The van der Waals surface area contributed by atoms with Crippen LogP contribution >= 0.6 is 0 Å². The molecule has 4 heteroatoms. The number of hydrogen-bond donors (Lipinski definition) is 1. The maximum atomic E-state index is 4.03. The van der Waals surface area contributed by atoms with Crippen LogP contribution < -0.4 is 10.2 Å². The van der Waals surface area contributed by atoms with E-state index in [0.717, 1.165) is 36.3 Å². The van der Waals surface area contributed by atoms with Crippen molar-refractivity contribution < 1.29 is 0 Å². The second-order valence-electron chi connectivity index (χ2n) is 21.9. The van der Waals surface area contributed by atoms with Crippen molar-refractivity contribution in [3.05, 3.63) is 287 Å². The first kappa shape index (κ1) is 43.6. The first-order valence-electron chi connectivity index (χ1n) is 27.7. The summed E-state index contributed by atoms with van der Waals surface area (Å²) in [4.78, 5) is 2.63. The fraction of sp³-hybridized carbons (Fsp3) is 0.0811. The van der Waals surface area contributed by atoms with Gasteiger partial charge in [0.05, 0.1) is 28.0 Å². The van der Waals surface area contributed by atoms with Gasteiger partial charge in [-0.1, -0.05) is 164 Å². The zero-order valence-electron chi connectivity index (χ0n) is 43.2. The van der Waals surface area contributed by atoms with E-state index in [9.17, 15) is 0 Å². The molecule has 12 aromatic rings. The summed E-state index contributed by atoms with van der Waals surface area (Å²) in [7, 11) is 0. The first-order chi connectivity index (χ1) is 38.6. The predicted octanol–water partition coefficient (Wildman–Crippen LogP) is 18.6. The Morgan fingerprint density at radius 2 is 1.01 bits per heavy atom. The quantitative estimate of drug-likeness (QED) is 0.180. The van der Waals surface area contributed by atoms with Crippen LogP contribution in [0, 0.1) is 6.92 Å². The Hall–Kier alpha value is -9.64. The van der Waals surface area contributed by atoms with Gasteiger partial charge in [0.25, 0.3) is 0 Å². The highest BCUT2D eigenvalue weighted by Crippen LogP contribution is 2.65. The van der Waals surface area contributed by atoms with Crippen LogP contribution in [0.1, 0.15) is 57.5 Å². The van der Waals surface area contributed by atoms with Gasteiger partial charge >= 0.3 is 0 Å². The molecule has 1 spiro atoms. The van der Waals surface area contributed by atoms with E-state index in [0.29, 0.717) is 0 Å². The molecule has 0 amide bonds. The van der Waals surface area contributed by atoms with E-state index in [1.165, 1.54) is 133 Å².